The van der Waals surface area contributed by atoms with E-state index < -0.39 is 8.60 Å². The Balaban J connectivity index is 0.000000414. The molecule has 3 aromatic rings. The summed E-state index contributed by atoms with van der Waals surface area (Å²) in [6.45, 7) is 8.27. The maximum atomic E-state index is 7.94. The first-order valence-electron chi connectivity index (χ1n) is 11.2. The number of benzene rings is 3. The number of rotatable bonds is 10. The van der Waals surface area contributed by atoms with Crippen molar-refractivity contribution in [1.29, 1.82) is 0 Å². The molecule has 1 N–H and O–H groups in total. The Labute approximate surface area is 199 Å². The van der Waals surface area contributed by atoms with Crippen LogP contribution >= 0.6 is 8.60 Å². The number of hydrogen-bond donors (Lipinski definition) is 1. The number of hydrogen-bond acceptors (Lipinski definition) is 5. The highest BCUT2D eigenvalue weighted by molar-refractivity contribution is 7.43. The van der Waals surface area contributed by atoms with E-state index in [0.29, 0.717) is 0 Å². The normalized spacial score (nSPS) is 10.6. The van der Waals surface area contributed by atoms with Crippen LogP contribution in [0.2, 0.25) is 0 Å². The molecule has 0 radical (unpaired) electrons. The van der Waals surface area contributed by atoms with Crippen LogP contribution in [-0.4, -0.2) is 11.4 Å². The third-order valence-electron chi connectivity index (χ3n) is 4.62. The molecule has 0 aromatic heterocycles. The first-order chi connectivity index (χ1) is 16.0. The molecule has 0 spiro atoms. The monoisotopic (exact) mass is 467 g/mol. The lowest BCUT2D eigenvalue weighted by atomic mass is 10.2. The first kappa shape index (κ1) is 26.2. The van der Waals surface area contributed by atoms with E-state index in [1.54, 1.807) is 0 Å². The molecule has 0 saturated heterocycles. The van der Waals surface area contributed by atoms with Crippen molar-refractivity contribution in [1.82, 2.24) is 0 Å². The van der Waals surface area contributed by atoms with Crippen LogP contribution in [0.25, 0.3) is 0 Å². The van der Waals surface area contributed by atoms with E-state index in [-0.39, 0.29) is 0 Å². The standard InChI is InChI=1S/C21H21O3P.C6H13NO/c1-16-4-10-19(11-5-16)22-25(23-20-12-6-17(2)7-13-20)24-21-14-8-18(3)9-15-21;1-2-3-4-5-6-7-8/h4-15H,1-3H3;6,8H,2-5H2,1H3. The minimum Gasteiger partial charge on any atom is -0.411 e. The Morgan fingerprint density at radius 3 is 1.33 bits per heavy atom. The van der Waals surface area contributed by atoms with Crippen molar-refractivity contribution in [2.75, 3.05) is 0 Å². The summed E-state index contributed by atoms with van der Waals surface area (Å²) < 4.78 is 17.9. The van der Waals surface area contributed by atoms with Gasteiger partial charge in [0.2, 0.25) is 0 Å². The Morgan fingerprint density at radius 2 is 1.03 bits per heavy atom. The van der Waals surface area contributed by atoms with Gasteiger partial charge in [-0.1, -0.05) is 72.9 Å². The van der Waals surface area contributed by atoms with E-state index in [1.165, 1.54) is 35.7 Å². The van der Waals surface area contributed by atoms with Gasteiger partial charge in [0, 0.05) is 6.21 Å². The van der Waals surface area contributed by atoms with E-state index in [4.69, 9.17) is 18.8 Å². The van der Waals surface area contributed by atoms with Gasteiger partial charge in [-0.3, -0.25) is 0 Å². The average molecular weight is 468 g/mol. The summed E-state index contributed by atoms with van der Waals surface area (Å²) in [5.41, 5.74) is 3.53. The van der Waals surface area contributed by atoms with Crippen LogP contribution in [0.15, 0.2) is 78.0 Å². The molecule has 33 heavy (non-hydrogen) atoms. The average Bonchev–Trinajstić information content (AvgIpc) is 2.82. The van der Waals surface area contributed by atoms with Gasteiger partial charge in [0.1, 0.15) is 17.2 Å². The molecule has 5 nitrogen and oxygen atoms in total. The van der Waals surface area contributed by atoms with Crippen molar-refractivity contribution in [3.8, 4) is 17.2 Å². The van der Waals surface area contributed by atoms with Crippen molar-refractivity contribution in [2.24, 2.45) is 5.16 Å². The molecule has 0 aliphatic rings. The molecule has 6 heteroatoms. The summed E-state index contributed by atoms with van der Waals surface area (Å²) in [7, 11) is -1.62. The fourth-order valence-electron chi connectivity index (χ4n) is 2.65. The summed E-state index contributed by atoms with van der Waals surface area (Å²) in [6, 6.07) is 23.5. The fraction of sp³-hybridized carbons (Fsp3) is 0.296. The van der Waals surface area contributed by atoms with Gasteiger partial charge in [-0.2, -0.15) is 0 Å². The summed E-state index contributed by atoms with van der Waals surface area (Å²) in [6.07, 6.45) is 6.03. The number of unbranched alkanes of at least 4 members (excludes halogenated alkanes) is 3. The van der Waals surface area contributed by atoms with E-state index >= 15 is 0 Å². The maximum absolute atomic E-state index is 7.94. The highest BCUT2D eigenvalue weighted by Gasteiger charge is 2.19. The second-order valence-electron chi connectivity index (χ2n) is 7.73. The van der Waals surface area contributed by atoms with Crippen molar-refractivity contribution < 1.29 is 18.8 Å². The topological polar surface area (TPSA) is 60.3 Å². The van der Waals surface area contributed by atoms with E-state index in [0.717, 1.165) is 30.1 Å². The quantitative estimate of drug-likeness (QED) is 0.107. The highest BCUT2D eigenvalue weighted by Crippen LogP contribution is 2.42. The van der Waals surface area contributed by atoms with Crippen LogP contribution in [0.3, 0.4) is 0 Å². The van der Waals surface area contributed by atoms with Crippen LogP contribution in [-0.2, 0) is 0 Å². The van der Waals surface area contributed by atoms with Crippen molar-refractivity contribution >= 4 is 14.8 Å². The van der Waals surface area contributed by atoms with Crippen LogP contribution in [0.1, 0.15) is 49.3 Å². The predicted octanol–water partition coefficient (Wildman–Crippen LogP) is 8.40. The van der Waals surface area contributed by atoms with Gasteiger partial charge in [0.25, 0.3) is 0 Å². The van der Waals surface area contributed by atoms with Crippen LogP contribution in [0, 0.1) is 20.8 Å². The van der Waals surface area contributed by atoms with Gasteiger partial charge < -0.3 is 18.8 Å². The molecular formula is C27H34NO4P. The maximum Gasteiger partial charge on any atom is 0.530 e. The number of nitrogens with zero attached hydrogens (tertiary/aromatic N) is 1. The number of aryl methyl sites for hydroxylation is 3. The molecule has 0 aliphatic carbocycles. The zero-order valence-corrected chi connectivity index (χ0v) is 20.8. The lowest BCUT2D eigenvalue weighted by Crippen LogP contribution is -2.02. The molecule has 0 atom stereocenters. The second kappa shape index (κ2) is 14.9. The SMILES string of the molecule is CCCCCC=NO.Cc1ccc(OP(Oc2ccc(C)cc2)Oc2ccc(C)cc2)cc1. The van der Waals surface area contributed by atoms with Gasteiger partial charge in [-0.05, 0) is 70.0 Å². The van der Waals surface area contributed by atoms with E-state index in [1.807, 2.05) is 93.6 Å². The lowest BCUT2D eigenvalue weighted by molar-refractivity contribution is 0.320. The molecule has 176 valence electrons. The largest absolute Gasteiger partial charge is 0.530 e. The van der Waals surface area contributed by atoms with Gasteiger partial charge in [0.05, 0.1) is 0 Å². The Kier molecular flexibility index (Phi) is 11.8. The third kappa shape index (κ3) is 10.9. The Bertz CT molecular complexity index is 828. The van der Waals surface area contributed by atoms with Gasteiger partial charge in [0.15, 0.2) is 0 Å². The van der Waals surface area contributed by atoms with E-state index in [9.17, 15) is 0 Å². The summed E-state index contributed by atoms with van der Waals surface area (Å²) in [5, 5.41) is 10.8. The molecule has 0 unspecified atom stereocenters. The van der Waals surface area contributed by atoms with Gasteiger partial charge in [-0.15, -0.1) is 5.16 Å². The molecule has 0 bridgehead atoms. The number of oxime groups is 1. The van der Waals surface area contributed by atoms with Crippen molar-refractivity contribution in [3.63, 3.8) is 0 Å². The summed E-state index contributed by atoms with van der Waals surface area (Å²) >= 11 is 0. The summed E-state index contributed by atoms with van der Waals surface area (Å²) in [4.78, 5) is 0. The molecule has 0 amide bonds. The molecular weight excluding hydrogens is 433 g/mol. The lowest BCUT2D eigenvalue weighted by Gasteiger charge is -2.18. The van der Waals surface area contributed by atoms with Crippen LogP contribution in [0.5, 0.6) is 17.2 Å². The van der Waals surface area contributed by atoms with Crippen molar-refractivity contribution in [2.45, 2.75) is 53.4 Å². The van der Waals surface area contributed by atoms with Crippen LogP contribution in [0.4, 0.5) is 0 Å². The zero-order chi connectivity index (χ0) is 23.9. The minimum atomic E-state index is -1.62. The van der Waals surface area contributed by atoms with Gasteiger partial charge >= 0.3 is 8.60 Å². The van der Waals surface area contributed by atoms with E-state index in [2.05, 4.69) is 12.1 Å². The summed E-state index contributed by atoms with van der Waals surface area (Å²) in [5.74, 6) is 2.16. The highest BCUT2D eigenvalue weighted by atomic mass is 31.2. The zero-order valence-electron chi connectivity index (χ0n) is 19.9. The molecule has 3 rings (SSSR count). The Hall–Kier alpha value is -3.04. The Morgan fingerprint density at radius 1 is 0.667 bits per heavy atom. The molecule has 3 aromatic carbocycles. The van der Waals surface area contributed by atoms with Gasteiger partial charge in [-0.25, -0.2) is 0 Å². The molecule has 0 fully saturated rings. The second-order valence-corrected chi connectivity index (χ2v) is 8.73. The molecule has 0 saturated carbocycles. The fourth-order valence-corrected chi connectivity index (χ4v) is 3.65. The minimum absolute atomic E-state index is 0.718. The first-order valence-corrected chi connectivity index (χ1v) is 12.3. The van der Waals surface area contributed by atoms with Crippen LogP contribution < -0.4 is 13.6 Å². The smallest absolute Gasteiger partial charge is 0.411 e. The molecule has 0 aliphatic heterocycles. The van der Waals surface area contributed by atoms with Crippen molar-refractivity contribution in [3.05, 3.63) is 89.5 Å². The predicted molar refractivity (Wildman–Crippen MR) is 137 cm³/mol. The molecule has 0 heterocycles. The third-order valence-corrected chi connectivity index (χ3v) is 5.70.